The Labute approximate surface area is 567 Å². The number of benzene rings is 2. The summed E-state index contributed by atoms with van der Waals surface area (Å²) in [5.41, 5.74) is 20.4. The first-order chi connectivity index (χ1) is 44.1. The van der Waals surface area contributed by atoms with E-state index in [4.69, 9.17) is 21.9 Å². The zero-order valence-electron chi connectivity index (χ0n) is 55.1. The first-order valence-electron chi connectivity index (χ1n) is 31.9. The fourth-order valence-corrected chi connectivity index (χ4v) is 16.7. The van der Waals surface area contributed by atoms with E-state index in [0.29, 0.717) is 76.1 Å². The molecule has 0 saturated carbocycles. The number of unbranched alkanes of at least 4 members (excludes halogenated alkanes) is 2. The van der Waals surface area contributed by atoms with Gasteiger partial charge in [0, 0.05) is 75.8 Å². The van der Waals surface area contributed by atoms with Crippen molar-refractivity contribution < 1.29 is 52.7 Å². The first kappa shape index (κ1) is 78.2. The molecule has 2 aliphatic heterocycles. The Morgan fingerprint density at radius 3 is 2.02 bits per heavy atom. The fraction of sp³-hybridized carbons (Fsp3) is 0.625. The number of nitrogens with one attached hydrogen (secondary N) is 7. The van der Waals surface area contributed by atoms with Crippen LogP contribution < -0.4 is 49.1 Å². The van der Waals surface area contributed by atoms with E-state index in [1.807, 2.05) is 105 Å². The zero-order chi connectivity index (χ0) is 68.3. The van der Waals surface area contributed by atoms with Crippen molar-refractivity contribution in [1.82, 2.24) is 51.6 Å². The summed E-state index contributed by atoms with van der Waals surface area (Å²) in [5, 5.41) is 17.4. The van der Waals surface area contributed by atoms with Gasteiger partial charge in [-0.3, -0.25) is 52.8 Å². The van der Waals surface area contributed by atoms with E-state index in [9.17, 15) is 47.9 Å². The highest BCUT2D eigenvalue weighted by molar-refractivity contribution is 8.77. The highest BCUT2D eigenvalue weighted by atomic mass is 33.1. The highest BCUT2D eigenvalue weighted by Gasteiger charge is 2.40. The summed E-state index contributed by atoms with van der Waals surface area (Å²) in [6, 6.07) is 9.70. The summed E-state index contributed by atoms with van der Waals surface area (Å²) in [4.78, 5) is 145. The van der Waals surface area contributed by atoms with Gasteiger partial charge in [-0.25, -0.2) is 0 Å². The topological polar surface area (TPSA) is 356 Å². The minimum Gasteiger partial charge on any atom is -0.454 e. The summed E-state index contributed by atoms with van der Waals surface area (Å²) < 4.78 is 5.11. The average molecular weight is 1390 g/mol. The number of carbonyl (C=O) groups excluding carboxylic acids is 10. The molecule has 0 unspecified atom stereocenters. The van der Waals surface area contributed by atoms with Gasteiger partial charge in [0.25, 0.3) is 5.91 Å². The molecule has 0 bridgehead atoms. The van der Waals surface area contributed by atoms with Crippen LogP contribution in [0.15, 0.2) is 60.8 Å². The Balaban J connectivity index is 1.11. The number of primary amides is 1. The van der Waals surface area contributed by atoms with Crippen LogP contribution in [0, 0.1) is 0 Å². The Kier molecular flexibility index (Phi) is 33.2. The monoisotopic (exact) mass is 1390 g/mol. The molecule has 516 valence electrons. The van der Waals surface area contributed by atoms with Crippen LogP contribution in [0.5, 0.6) is 0 Å². The van der Waals surface area contributed by atoms with Crippen LogP contribution in [0.4, 0.5) is 0 Å². The van der Waals surface area contributed by atoms with Gasteiger partial charge in [0.2, 0.25) is 41.4 Å². The van der Waals surface area contributed by atoms with Gasteiger partial charge in [-0.15, -0.1) is 0 Å². The number of nitrogens with two attached hydrogens (primary N) is 3. The number of aromatic amines is 1. The maximum atomic E-state index is 14.2. The second-order valence-electron chi connectivity index (χ2n) is 25.5. The Morgan fingerprint density at radius 1 is 0.720 bits per heavy atom. The van der Waals surface area contributed by atoms with Crippen molar-refractivity contribution in [3.63, 3.8) is 0 Å². The van der Waals surface area contributed by atoms with Crippen LogP contribution in [-0.2, 0) is 64.9 Å². The van der Waals surface area contributed by atoms with Crippen molar-refractivity contribution in [3.8, 4) is 0 Å². The van der Waals surface area contributed by atoms with Gasteiger partial charge in [0.05, 0.1) is 12.6 Å². The number of H-pyrrole nitrogens is 1. The smallest absolute Gasteiger partial charge is 0.323 e. The van der Waals surface area contributed by atoms with Crippen LogP contribution in [0.2, 0.25) is 0 Å². The molecule has 2 saturated heterocycles. The van der Waals surface area contributed by atoms with Crippen molar-refractivity contribution in [3.05, 3.63) is 71.9 Å². The lowest BCUT2D eigenvalue weighted by atomic mass is 10.0. The number of thioether (sulfide) groups is 1. The van der Waals surface area contributed by atoms with Crippen LogP contribution in [-0.4, -0.2) is 207 Å². The van der Waals surface area contributed by atoms with Crippen molar-refractivity contribution >= 4 is 124 Å². The number of esters is 1. The van der Waals surface area contributed by atoms with Crippen LogP contribution >= 0.6 is 54.9 Å². The van der Waals surface area contributed by atoms with Crippen LogP contribution in [0.3, 0.4) is 0 Å². The predicted octanol–water partition coefficient (Wildman–Crippen LogP) is 4.13. The van der Waals surface area contributed by atoms with Gasteiger partial charge in [-0.05, 0) is 136 Å². The molecule has 8 amide bonds. The largest absolute Gasteiger partial charge is 0.454 e. The minimum absolute atomic E-state index is 0.0338. The zero-order valence-corrected chi connectivity index (χ0v) is 59.1. The molecule has 93 heavy (non-hydrogen) atoms. The molecular weight excluding hydrogens is 1290 g/mol. The highest BCUT2D eigenvalue weighted by Crippen LogP contribution is 2.38. The lowest BCUT2D eigenvalue weighted by Crippen LogP contribution is -2.57. The summed E-state index contributed by atoms with van der Waals surface area (Å²) >= 11 is 0.990. The second kappa shape index (κ2) is 39.5. The van der Waals surface area contributed by atoms with E-state index in [-0.39, 0.29) is 59.8 Å². The number of hydrogen-bond acceptors (Lipinski definition) is 20. The minimum atomic E-state index is -1.36. The van der Waals surface area contributed by atoms with Gasteiger partial charge < -0.3 is 68.6 Å². The maximum absolute atomic E-state index is 14.2. The molecule has 8 atom stereocenters. The first-order valence-corrected chi connectivity index (χ1v) is 37.5. The molecule has 3 aromatic rings. The standard InChI is InChI=1S/C64H99N13O11S5/c1-41(37-90-92-63(2,3)4)70-60(85)49(32-43-34-68-46-23-13-12-22-44(43)46)73-58(83)47(25-15-17-29-75(7)8)71-53(78)35-69-57(82)45(66)39-91-93-64(5,6)40-76-30-18-27-52(76)62(87)88-36-54(79)72-48(24-14-16-28-65)59(84)74-50(61(86)77-31-19-26-51(77)56(67)81)33-55(80)89-38-42-20-10-9-11-21-42/h9-13,20-23,34,41,45,47-52,68H,14-19,24-33,35-40,65-66H2,1-8H3,(H2,67,81)(H,69,82)(H,70,85)(H,71,78)(H,72,79)(H,73,83)(H,74,84)/t41-,45+,47+,48+,49+,50+,51+,52+/m1/s1. The summed E-state index contributed by atoms with van der Waals surface area (Å²) in [5.74, 6) is -4.34. The average Bonchev–Trinajstić information content (AvgIpc) is 1.80. The molecule has 2 fully saturated rings. The number of hydrogen-bond donors (Lipinski definition) is 10. The van der Waals surface area contributed by atoms with Gasteiger partial charge in [-0.1, -0.05) is 124 Å². The number of amides is 8. The van der Waals surface area contributed by atoms with Crippen molar-refractivity contribution in [1.29, 1.82) is 0 Å². The van der Waals surface area contributed by atoms with Crippen molar-refractivity contribution in [2.24, 2.45) is 17.2 Å². The number of nitrogens with zero attached hydrogens (tertiary/aromatic N) is 3. The normalized spacial score (nSPS) is 17.2. The van der Waals surface area contributed by atoms with Crippen molar-refractivity contribution in [2.75, 3.05) is 71.5 Å². The van der Waals surface area contributed by atoms with Gasteiger partial charge in [-0.2, -0.15) is 0 Å². The number of rotatable bonds is 40. The van der Waals surface area contributed by atoms with E-state index >= 15 is 0 Å². The molecule has 2 aliphatic rings. The predicted molar refractivity (Wildman–Crippen MR) is 374 cm³/mol. The number of likely N-dealkylation sites (tertiary alicyclic amines) is 2. The molecule has 0 radical (unpaired) electrons. The maximum Gasteiger partial charge on any atom is 0.323 e. The van der Waals surface area contributed by atoms with E-state index in [1.54, 1.807) is 21.6 Å². The lowest BCUT2D eigenvalue weighted by Gasteiger charge is -2.32. The Bertz CT molecular complexity index is 2960. The fourth-order valence-electron chi connectivity index (χ4n) is 10.6. The second-order valence-corrected chi connectivity index (χ2v) is 32.8. The number of para-hydroxylation sites is 1. The van der Waals surface area contributed by atoms with Gasteiger partial charge >= 0.3 is 5.97 Å². The molecule has 5 rings (SSSR count). The van der Waals surface area contributed by atoms with Crippen molar-refractivity contribution in [2.45, 2.75) is 182 Å². The summed E-state index contributed by atoms with van der Waals surface area (Å²) in [7, 11) is 10.1. The van der Waals surface area contributed by atoms with E-state index < -0.39 is 108 Å². The third-order valence-corrected chi connectivity index (χ3v) is 23.1. The van der Waals surface area contributed by atoms with E-state index in [0.717, 1.165) is 46.8 Å². The number of aromatic nitrogens is 1. The SMILES string of the molecule is C[C@H](CSSC(C)(C)C)NC(=O)[C@H](Cc1c[nH]c2ccccc12)NC(=O)[C@H](CCCCN(C)C)NC(=O)CNC(=O)[C@@H](N)CSSC(C)(C)CN1CCC[C@H]1C(=O)OCC(=O)N[C@@H](CCCCN)C(=O)N[C@@H](CC(=O)SCc1ccccc1)C(=O)N1CCC[C@H]1C(N)=O. The van der Waals surface area contributed by atoms with Crippen LogP contribution in [0.25, 0.3) is 10.9 Å². The Morgan fingerprint density at radius 2 is 1.34 bits per heavy atom. The number of fused-ring (bicyclic) bond motifs is 1. The molecule has 3 heterocycles. The molecule has 1 aromatic heterocycles. The molecule has 13 N–H and O–H groups in total. The Hall–Kier alpha value is -5.53. The van der Waals surface area contributed by atoms with E-state index in [1.165, 1.54) is 26.5 Å². The third-order valence-electron chi connectivity index (χ3n) is 15.3. The quantitative estimate of drug-likeness (QED) is 0.0217. The van der Waals surface area contributed by atoms with Gasteiger partial charge in [0.1, 0.15) is 36.3 Å². The van der Waals surface area contributed by atoms with Crippen LogP contribution in [0.1, 0.15) is 123 Å². The number of carbonyl (C=O) groups is 10. The summed E-state index contributed by atoms with van der Waals surface area (Å²) in [6.45, 7) is 13.4. The molecule has 0 spiro atoms. The summed E-state index contributed by atoms with van der Waals surface area (Å²) in [6.07, 6.45) is 6.37. The lowest BCUT2D eigenvalue weighted by molar-refractivity contribution is -0.153. The molecule has 29 heteroatoms. The molecule has 2 aromatic carbocycles. The molecular formula is C64H99N13O11S5. The van der Waals surface area contributed by atoms with Gasteiger partial charge in [0.15, 0.2) is 11.7 Å². The third kappa shape index (κ3) is 28.0. The molecule has 0 aliphatic carbocycles. The number of ether oxygens (including phenoxy) is 1. The molecule has 24 nitrogen and oxygen atoms in total. The van der Waals surface area contributed by atoms with E-state index in [2.05, 4.69) is 57.7 Å².